The number of hydrogen-bond donors (Lipinski definition) is 3. The molecule has 2 aliphatic heterocycles. The Morgan fingerprint density at radius 3 is 2.65 bits per heavy atom. The number of amides is 4. The zero-order valence-electron chi connectivity index (χ0n) is 12.4. The fourth-order valence-corrected chi connectivity index (χ4v) is 2.91. The average molecular weight is 320 g/mol. The van der Waals surface area contributed by atoms with Crippen molar-refractivity contribution in [1.82, 2.24) is 15.5 Å². The van der Waals surface area contributed by atoms with Gasteiger partial charge in [0.25, 0.3) is 5.91 Å². The van der Waals surface area contributed by atoms with E-state index in [4.69, 9.17) is 0 Å². The van der Waals surface area contributed by atoms with Crippen LogP contribution in [0.25, 0.3) is 0 Å². The molecule has 0 aromatic heterocycles. The first kappa shape index (κ1) is 15.4. The molecule has 0 bridgehead atoms. The summed E-state index contributed by atoms with van der Waals surface area (Å²) in [5.41, 5.74) is -0.901. The molecule has 4 amide bonds. The van der Waals surface area contributed by atoms with Crippen LogP contribution >= 0.6 is 0 Å². The first-order valence-electron chi connectivity index (χ1n) is 7.41. The van der Waals surface area contributed by atoms with Gasteiger partial charge in [0.15, 0.2) is 0 Å². The molecule has 23 heavy (non-hydrogen) atoms. The van der Waals surface area contributed by atoms with E-state index >= 15 is 0 Å². The van der Waals surface area contributed by atoms with Crippen molar-refractivity contribution in [2.45, 2.75) is 18.4 Å². The van der Waals surface area contributed by atoms with Gasteiger partial charge in [-0.3, -0.25) is 14.5 Å². The zero-order chi connectivity index (χ0) is 16.4. The number of urea groups is 1. The lowest BCUT2D eigenvalue weighted by Gasteiger charge is -2.30. The maximum Gasteiger partial charge on any atom is 0.325 e. The minimum absolute atomic E-state index is 0.0149. The first-order chi connectivity index (χ1) is 11.0. The lowest BCUT2D eigenvalue weighted by Crippen LogP contribution is -2.54. The largest absolute Gasteiger partial charge is 0.325 e. The summed E-state index contributed by atoms with van der Waals surface area (Å²) < 4.78 is 13.5. The van der Waals surface area contributed by atoms with E-state index < -0.39 is 35.7 Å². The number of halogens is 1. The van der Waals surface area contributed by atoms with Gasteiger partial charge in [-0.05, 0) is 38.1 Å². The molecular weight excluding hydrogens is 303 g/mol. The number of rotatable bonds is 3. The van der Waals surface area contributed by atoms with Gasteiger partial charge < -0.3 is 16.0 Å². The molecule has 2 heterocycles. The smallest absolute Gasteiger partial charge is 0.323 e. The van der Waals surface area contributed by atoms with Crippen LogP contribution in [0.4, 0.5) is 14.9 Å². The van der Waals surface area contributed by atoms with Crippen LogP contribution in [0.5, 0.6) is 0 Å². The van der Waals surface area contributed by atoms with E-state index in [1.54, 1.807) is 6.07 Å². The van der Waals surface area contributed by atoms with E-state index in [0.717, 1.165) is 4.90 Å². The number of anilines is 1. The number of nitrogens with zero attached hydrogens (tertiary/aromatic N) is 1. The molecule has 1 spiro atoms. The predicted molar refractivity (Wildman–Crippen MR) is 80.1 cm³/mol. The summed E-state index contributed by atoms with van der Waals surface area (Å²) in [6, 6.07) is 5.13. The van der Waals surface area contributed by atoms with Crippen molar-refractivity contribution in [2.24, 2.45) is 0 Å². The highest BCUT2D eigenvalue weighted by Crippen LogP contribution is 2.26. The first-order valence-corrected chi connectivity index (χ1v) is 7.41. The number of carbonyl (C=O) groups excluding carboxylic acids is 3. The summed E-state index contributed by atoms with van der Waals surface area (Å²) in [6.45, 7) is 0.816. The van der Waals surface area contributed by atoms with Crippen molar-refractivity contribution >= 4 is 23.5 Å². The van der Waals surface area contributed by atoms with Gasteiger partial charge in [0, 0.05) is 0 Å². The minimum atomic E-state index is -0.916. The second-order valence-electron chi connectivity index (χ2n) is 5.68. The Kier molecular flexibility index (Phi) is 3.99. The van der Waals surface area contributed by atoms with Crippen LogP contribution in [0.15, 0.2) is 24.3 Å². The average Bonchev–Trinajstić information content (AvgIpc) is 2.75. The molecule has 1 aromatic rings. The van der Waals surface area contributed by atoms with Gasteiger partial charge in [0.1, 0.15) is 17.9 Å². The molecule has 0 radical (unpaired) electrons. The molecule has 8 heteroatoms. The number of benzene rings is 1. The van der Waals surface area contributed by atoms with Crippen LogP contribution in [0.3, 0.4) is 0 Å². The number of imide groups is 1. The van der Waals surface area contributed by atoms with Crippen LogP contribution in [0.2, 0.25) is 0 Å². The zero-order valence-corrected chi connectivity index (χ0v) is 12.4. The van der Waals surface area contributed by atoms with Crippen LogP contribution in [0, 0.1) is 5.82 Å². The van der Waals surface area contributed by atoms with Crippen molar-refractivity contribution in [3.63, 3.8) is 0 Å². The SMILES string of the molecule is O=C(CN1C(=O)NC2(CCNCC2)C1=O)Nc1ccccc1F. The third-order valence-electron chi connectivity index (χ3n) is 4.15. The molecule has 0 atom stereocenters. The van der Waals surface area contributed by atoms with Crippen LogP contribution in [-0.4, -0.2) is 47.9 Å². The summed E-state index contributed by atoms with van der Waals surface area (Å²) >= 11 is 0. The molecular formula is C15H17FN4O3. The minimum Gasteiger partial charge on any atom is -0.323 e. The second kappa shape index (κ2) is 5.96. The van der Waals surface area contributed by atoms with E-state index in [1.807, 2.05) is 0 Å². The van der Waals surface area contributed by atoms with Gasteiger partial charge in [0.05, 0.1) is 5.69 Å². The molecule has 2 aliphatic rings. The Morgan fingerprint density at radius 2 is 1.96 bits per heavy atom. The molecule has 2 saturated heterocycles. The number of hydrogen-bond acceptors (Lipinski definition) is 4. The van der Waals surface area contributed by atoms with Crippen molar-refractivity contribution in [1.29, 1.82) is 0 Å². The van der Waals surface area contributed by atoms with Gasteiger partial charge in [-0.2, -0.15) is 0 Å². The molecule has 0 unspecified atom stereocenters. The quantitative estimate of drug-likeness (QED) is 0.705. The Labute approximate surface area is 132 Å². The summed E-state index contributed by atoms with van der Waals surface area (Å²) in [6.07, 6.45) is 0.978. The maximum atomic E-state index is 13.5. The number of piperidine rings is 1. The molecule has 2 fully saturated rings. The molecule has 0 saturated carbocycles. The Balaban J connectivity index is 1.68. The Hall–Kier alpha value is -2.48. The fourth-order valence-electron chi connectivity index (χ4n) is 2.91. The number of carbonyl (C=O) groups is 3. The summed E-state index contributed by atoms with van der Waals surface area (Å²) in [5, 5.41) is 8.19. The van der Waals surface area contributed by atoms with Gasteiger partial charge in [-0.1, -0.05) is 12.1 Å². The van der Waals surface area contributed by atoms with Crippen molar-refractivity contribution in [3.05, 3.63) is 30.1 Å². The van der Waals surface area contributed by atoms with E-state index in [9.17, 15) is 18.8 Å². The fraction of sp³-hybridized carbons (Fsp3) is 0.400. The predicted octanol–water partition coefficient (Wildman–Crippen LogP) is 0.438. The van der Waals surface area contributed by atoms with Crippen LogP contribution in [0.1, 0.15) is 12.8 Å². The molecule has 0 aliphatic carbocycles. The molecule has 3 N–H and O–H groups in total. The number of para-hydroxylation sites is 1. The van der Waals surface area contributed by atoms with Gasteiger partial charge in [-0.25, -0.2) is 9.18 Å². The van der Waals surface area contributed by atoms with Crippen LogP contribution in [-0.2, 0) is 9.59 Å². The normalized spacial score (nSPS) is 19.8. The maximum absolute atomic E-state index is 13.5. The van der Waals surface area contributed by atoms with Crippen molar-refractivity contribution in [3.8, 4) is 0 Å². The third kappa shape index (κ3) is 2.89. The lowest BCUT2D eigenvalue weighted by atomic mass is 9.88. The molecule has 122 valence electrons. The molecule has 3 rings (SSSR count). The summed E-state index contributed by atoms with van der Waals surface area (Å²) in [4.78, 5) is 37.5. The van der Waals surface area contributed by atoms with Crippen LogP contribution < -0.4 is 16.0 Å². The third-order valence-corrected chi connectivity index (χ3v) is 4.15. The molecule has 7 nitrogen and oxygen atoms in total. The highest BCUT2D eigenvalue weighted by Gasteiger charge is 2.51. The molecule has 1 aromatic carbocycles. The highest BCUT2D eigenvalue weighted by atomic mass is 19.1. The van der Waals surface area contributed by atoms with Crippen molar-refractivity contribution < 1.29 is 18.8 Å². The second-order valence-corrected chi connectivity index (χ2v) is 5.68. The van der Waals surface area contributed by atoms with Gasteiger partial charge in [-0.15, -0.1) is 0 Å². The Morgan fingerprint density at radius 1 is 1.26 bits per heavy atom. The topological polar surface area (TPSA) is 90.5 Å². The Bertz CT molecular complexity index is 658. The van der Waals surface area contributed by atoms with E-state index in [1.165, 1.54) is 18.2 Å². The van der Waals surface area contributed by atoms with Gasteiger partial charge in [0.2, 0.25) is 5.91 Å². The van der Waals surface area contributed by atoms with E-state index in [-0.39, 0.29) is 5.69 Å². The summed E-state index contributed by atoms with van der Waals surface area (Å²) in [5.74, 6) is -1.59. The monoisotopic (exact) mass is 320 g/mol. The van der Waals surface area contributed by atoms with E-state index in [0.29, 0.717) is 25.9 Å². The highest BCUT2D eigenvalue weighted by molar-refractivity contribution is 6.10. The van der Waals surface area contributed by atoms with Crippen molar-refractivity contribution in [2.75, 3.05) is 25.0 Å². The van der Waals surface area contributed by atoms with Gasteiger partial charge >= 0.3 is 6.03 Å². The summed E-state index contributed by atoms with van der Waals surface area (Å²) in [7, 11) is 0. The standard InChI is InChI=1S/C15H17FN4O3/c16-10-3-1-2-4-11(10)18-12(21)9-20-13(22)15(19-14(20)23)5-7-17-8-6-15/h1-4,17H,5-9H2,(H,18,21)(H,19,23). The number of nitrogens with one attached hydrogen (secondary N) is 3. The lowest BCUT2D eigenvalue weighted by molar-refractivity contribution is -0.134. The van der Waals surface area contributed by atoms with E-state index in [2.05, 4.69) is 16.0 Å².